The first kappa shape index (κ1) is 13.8. The molecule has 1 N–H and O–H groups in total. The number of carboxylic acid groups (broad SMARTS) is 1. The van der Waals surface area contributed by atoms with Crippen LogP contribution in [0.25, 0.3) is 0 Å². The van der Waals surface area contributed by atoms with Gasteiger partial charge in [-0.15, -0.1) is 0 Å². The van der Waals surface area contributed by atoms with E-state index in [1.54, 1.807) is 6.07 Å². The van der Waals surface area contributed by atoms with Crippen LogP contribution in [0.15, 0.2) is 16.7 Å². The van der Waals surface area contributed by atoms with Crippen molar-refractivity contribution in [2.24, 2.45) is 5.92 Å². The highest BCUT2D eigenvalue weighted by Crippen LogP contribution is 2.14. The molecule has 0 radical (unpaired) electrons. The number of furan rings is 1. The van der Waals surface area contributed by atoms with Crippen LogP contribution in [-0.2, 0) is 6.54 Å². The zero-order valence-corrected chi connectivity index (χ0v) is 10.9. The third kappa shape index (κ3) is 4.23. The molecule has 0 aliphatic heterocycles. The van der Waals surface area contributed by atoms with Gasteiger partial charge in [0.25, 0.3) is 0 Å². The van der Waals surface area contributed by atoms with Gasteiger partial charge >= 0.3 is 5.97 Å². The molecule has 1 rings (SSSR count). The van der Waals surface area contributed by atoms with Crippen molar-refractivity contribution in [1.82, 2.24) is 4.90 Å². The topological polar surface area (TPSA) is 53.7 Å². The maximum Gasteiger partial charge on any atom is 0.338 e. The van der Waals surface area contributed by atoms with Gasteiger partial charge in [0.15, 0.2) is 0 Å². The Morgan fingerprint density at radius 1 is 1.41 bits per heavy atom. The maximum absolute atomic E-state index is 10.7. The highest BCUT2D eigenvalue weighted by Gasteiger charge is 2.15. The summed E-state index contributed by atoms with van der Waals surface area (Å²) in [7, 11) is 0. The van der Waals surface area contributed by atoms with Gasteiger partial charge in [0.2, 0.25) is 0 Å². The van der Waals surface area contributed by atoms with Crippen molar-refractivity contribution in [1.29, 1.82) is 0 Å². The fraction of sp³-hybridized carbons (Fsp3) is 0.615. The Morgan fingerprint density at radius 3 is 2.47 bits per heavy atom. The Labute approximate surface area is 102 Å². The van der Waals surface area contributed by atoms with Crippen LogP contribution in [0, 0.1) is 5.92 Å². The molecule has 0 bridgehead atoms. The predicted molar refractivity (Wildman–Crippen MR) is 66.1 cm³/mol. The van der Waals surface area contributed by atoms with Crippen molar-refractivity contribution >= 4 is 5.97 Å². The predicted octanol–water partition coefficient (Wildman–Crippen LogP) is 2.84. The fourth-order valence-electron chi connectivity index (χ4n) is 1.70. The normalized spacial score (nSPS) is 11.7. The monoisotopic (exact) mass is 239 g/mol. The maximum atomic E-state index is 10.7. The summed E-state index contributed by atoms with van der Waals surface area (Å²) in [5.41, 5.74) is 0.216. The van der Waals surface area contributed by atoms with Crippen molar-refractivity contribution in [3.05, 3.63) is 23.7 Å². The van der Waals surface area contributed by atoms with Gasteiger partial charge in [0, 0.05) is 12.6 Å². The Kier molecular flexibility index (Phi) is 4.75. The molecule has 1 heterocycles. The Morgan fingerprint density at radius 2 is 2.06 bits per heavy atom. The highest BCUT2D eigenvalue weighted by molar-refractivity contribution is 5.87. The van der Waals surface area contributed by atoms with Crippen LogP contribution in [0.2, 0.25) is 0 Å². The van der Waals surface area contributed by atoms with Gasteiger partial charge in [-0.1, -0.05) is 13.8 Å². The van der Waals surface area contributed by atoms with E-state index in [0.29, 0.717) is 24.3 Å². The number of aromatic carboxylic acids is 1. The second kappa shape index (κ2) is 5.87. The van der Waals surface area contributed by atoms with Crippen LogP contribution in [0.3, 0.4) is 0 Å². The lowest BCUT2D eigenvalue weighted by atomic mass is 10.1. The lowest BCUT2D eigenvalue weighted by molar-refractivity contribution is 0.0696. The first-order valence-corrected chi connectivity index (χ1v) is 5.95. The van der Waals surface area contributed by atoms with Crippen LogP contribution in [0.1, 0.15) is 43.8 Å². The van der Waals surface area contributed by atoms with E-state index in [9.17, 15) is 4.79 Å². The van der Waals surface area contributed by atoms with E-state index in [1.165, 1.54) is 6.26 Å². The van der Waals surface area contributed by atoms with Gasteiger partial charge in [0.05, 0.1) is 12.1 Å². The summed E-state index contributed by atoms with van der Waals surface area (Å²) in [6.45, 7) is 10.2. The van der Waals surface area contributed by atoms with Crippen molar-refractivity contribution in [2.45, 2.75) is 40.3 Å². The molecule has 0 spiro atoms. The standard InChI is InChI=1S/C13H21NO3/c1-9(2)6-14(10(3)4)7-12-5-11(8-17-12)13(15)16/h5,8-10H,6-7H2,1-4H3,(H,15,16). The lowest BCUT2D eigenvalue weighted by Gasteiger charge is -2.27. The molecule has 96 valence electrons. The number of hydrogen-bond acceptors (Lipinski definition) is 3. The van der Waals surface area contributed by atoms with Crippen LogP contribution in [0.5, 0.6) is 0 Å². The summed E-state index contributed by atoms with van der Waals surface area (Å²) < 4.78 is 5.27. The number of rotatable bonds is 6. The molecule has 0 unspecified atom stereocenters. The quantitative estimate of drug-likeness (QED) is 0.829. The SMILES string of the molecule is CC(C)CN(Cc1cc(C(=O)O)co1)C(C)C. The second-order valence-electron chi connectivity index (χ2n) is 5.02. The first-order valence-electron chi connectivity index (χ1n) is 5.95. The van der Waals surface area contributed by atoms with Crippen LogP contribution in [0.4, 0.5) is 0 Å². The minimum absolute atomic E-state index is 0.216. The van der Waals surface area contributed by atoms with E-state index in [0.717, 1.165) is 6.54 Å². The third-order valence-corrected chi connectivity index (χ3v) is 2.59. The number of carbonyl (C=O) groups is 1. The molecule has 0 amide bonds. The fourth-order valence-corrected chi connectivity index (χ4v) is 1.70. The molecule has 4 nitrogen and oxygen atoms in total. The van der Waals surface area contributed by atoms with Crippen molar-refractivity contribution in [2.75, 3.05) is 6.54 Å². The minimum atomic E-state index is -0.944. The summed E-state index contributed by atoms with van der Waals surface area (Å²) >= 11 is 0. The van der Waals surface area contributed by atoms with E-state index in [2.05, 4.69) is 32.6 Å². The smallest absolute Gasteiger partial charge is 0.338 e. The zero-order valence-electron chi connectivity index (χ0n) is 10.9. The van der Waals surface area contributed by atoms with Gasteiger partial charge in [-0.05, 0) is 25.8 Å². The van der Waals surface area contributed by atoms with Crippen LogP contribution in [-0.4, -0.2) is 28.6 Å². The first-order chi connectivity index (χ1) is 7.90. The average molecular weight is 239 g/mol. The van der Waals surface area contributed by atoms with E-state index in [-0.39, 0.29) is 5.56 Å². The van der Waals surface area contributed by atoms with Gasteiger partial charge in [0.1, 0.15) is 12.0 Å². The molecule has 0 aliphatic rings. The number of nitrogens with zero attached hydrogens (tertiary/aromatic N) is 1. The molecule has 0 fully saturated rings. The average Bonchev–Trinajstić information content (AvgIpc) is 2.64. The Bertz CT molecular complexity index is 368. The molecule has 0 aliphatic carbocycles. The number of hydrogen-bond donors (Lipinski definition) is 1. The minimum Gasteiger partial charge on any atom is -0.478 e. The molecule has 0 aromatic carbocycles. The molecule has 0 saturated heterocycles. The van der Waals surface area contributed by atoms with Crippen molar-refractivity contribution in [3.63, 3.8) is 0 Å². The van der Waals surface area contributed by atoms with Gasteiger partial charge in [-0.3, -0.25) is 4.90 Å². The van der Waals surface area contributed by atoms with E-state index in [1.807, 2.05) is 0 Å². The molecule has 17 heavy (non-hydrogen) atoms. The van der Waals surface area contributed by atoms with E-state index < -0.39 is 5.97 Å². The molecule has 4 heteroatoms. The Balaban J connectivity index is 2.68. The zero-order chi connectivity index (χ0) is 13.0. The molecule has 0 saturated carbocycles. The summed E-state index contributed by atoms with van der Waals surface area (Å²) in [4.78, 5) is 13.0. The van der Waals surface area contributed by atoms with Gasteiger partial charge < -0.3 is 9.52 Å². The van der Waals surface area contributed by atoms with Crippen LogP contribution < -0.4 is 0 Å². The molecule has 1 aromatic rings. The van der Waals surface area contributed by atoms with Gasteiger partial charge in [-0.25, -0.2) is 4.79 Å². The summed E-state index contributed by atoms with van der Waals surface area (Å²) in [6.07, 6.45) is 1.30. The van der Waals surface area contributed by atoms with Crippen molar-refractivity contribution < 1.29 is 14.3 Å². The summed E-state index contributed by atoms with van der Waals surface area (Å²) in [6, 6.07) is 2.01. The van der Waals surface area contributed by atoms with Crippen molar-refractivity contribution in [3.8, 4) is 0 Å². The van der Waals surface area contributed by atoms with E-state index >= 15 is 0 Å². The third-order valence-electron chi connectivity index (χ3n) is 2.59. The molecule has 0 atom stereocenters. The van der Waals surface area contributed by atoms with E-state index in [4.69, 9.17) is 9.52 Å². The summed E-state index contributed by atoms with van der Waals surface area (Å²) in [5.74, 6) is 0.336. The molecular weight excluding hydrogens is 218 g/mol. The largest absolute Gasteiger partial charge is 0.478 e. The van der Waals surface area contributed by atoms with Crippen LogP contribution >= 0.6 is 0 Å². The second-order valence-corrected chi connectivity index (χ2v) is 5.02. The number of carboxylic acids is 1. The summed E-state index contributed by atoms with van der Waals surface area (Å²) in [5, 5.41) is 8.81. The Hall–Kier alpha value is -1.29. The molecular formula is C13H21NO3. The van der Waals surface area contributed by atoms with Gasteiger partial charge in [-0.2, -0.15) is 0 Å². The lowest BCUT2D eigenvalue weighted by Crippen LogP contribution is -2.33. The highest BCUT2D eigenvalue weighted by atomic mass is 16.4. The molecule has 1 aromatic heterocycles.